The fourth-order valence-corrected chi connectivity index (χ4v) is 3.37. The summed E-state index contributed by atoms with van der Waals surface area (Å²) in [7, 11) is 0. The van der Waals surface area contributed by atoms with Crippen LogP contribution in [0.25, 0.3) is 5.69 Å². The van der Waals surface area contributed by atoms with Crippen LogP contribution in [0.1, 0.15) is 23.2 Å². The number of carbonyl (C=O) groups is 2. The van der Waals surface area contributed by atoms with Gasteiger partial charge in [-0.3, -0.25) is 9.59 Å². The summed E-state index contributed by atoms with van der Waals surface area (Å²) in [6, 6.07) is 14.6. The summed E-state index contributed by atoms with van der Waals surface area (Å²) in [6.07, 6.45) is 5.00. The van der Waals surface area contributed by atoms with E-state index in [4.69, 9.17) is 0 Å². The smallest absolute Gasteiger partial charge is 0.255 e. The summed E-state index contributed by atoms with van der Waals surface area (Å²) in [5.41, 5.74) is 2.90. The van der Waals surface area contributed by atoms with Gasteiger partial charge in [-0.05, 0) is 64.8 Å². The second-order valence-electron chi connectivity index (χ2n) is 6.30. The fourth-order valence-electron chi connectivity index (χ4n) is 3.08. The highest BCUT2D eigenvalue weighted by atomic mass is 79.9. The molecule has 1 fully saturated rings. The Kier molecular flexibility index (Phi) is 4.77. The molecule has 4 rings (SSSR count). The molecule has 6 nitrogen and oxygen atoms in total. The second kappa shape index (κ2) is 7.36. The van der Waals surface area contributed by atoms with Crippen LogP contribution < -0.4 is 10.2 Å². The third-order valence-corrected chi connectivity index (χ3v) is 4.84. The van der Waals surface area contributed by atoms with Crippen molar-refractivity contribution in [2.75, 3.05) is 16.8 Å². The van der Waals surface area contributed by atoms with Crippen molar-refractivity contribution in [2.24, 2.45) is 0 Å². The van der Waals surface area contributed by atoms with Crippen LogP contribution in [0.5, 0.6) is 0 Å². The number of anilines is 2. The molecule has 2 heterocycles. The van der Waals surface area contributed by atoms with Gasteiger partial charge in [-0.25, -0.2) is 4.68 Å². The number of nitrogens with zero attached hydrogens (tertiary/aromatic N) is 3. The summed E-state index contributed by atoms with van der Waals surface area (Å²) in [6.45, 7) is 0.723. The van der Waals surface area contributed by atoms with Crippen molar-refractivity contribution in [2.45, 2.75) is 12.8 Å². The van der Waals surface area contributed by atoms with Crippen LogP contribution in [-0.2, 0) is 4.79 Å². The molecule has 1 aliphatic heterocycles. The molecule has 7 heteroatoms. The van der Waals surface area contributed by atoms with Crippen LogP contribution in [0.3, 0.4) is 0 Å². The molecule has 0 unspecified atom stereocenters. The molecule has 27 heavy (non-hydrogen) atoms. The van der Waals surface area contributed by atoms with Crippen molar-refractivity contribution < 1.29 is 9.59 Å². The Labute approximate surface area is 164 Å². The first-order valence-corrected chi connectivity index (χ1v) is 9.42. The standard InChI is InChI=1S/C20H17BrN4O2/c21-15-12-22-25(13-15)17-8-6-14(7-9-17)20(27)23-16-3-1-4-18(11-16)24-10-2-5-19(24)26/h1,3-4,6-9,11-13H,2,5,10H2,(H,23,27). The van der Waals surface area contributed by atoms with E-state index in [0.717, 1.165) is 28.8 Å². The van der Waals surface area contributed by atoms with Gasteiger partial charge in [0.25, 0.3) is 5.91 Å². The zero-order valence-corrected chi connectivity index (χ0v) is 16.0. The van der Waals surface area contributed by atoms with Crippen LogP contribution in [-0.4, -0.2) is 28.1 Å². The Morgan fingerprint density at radius 1 is 1.11 bits per heavy atom. The van der Waals surface area contributed by atoms with Crippen molar-refractivity contribution >= 4 is 39.1 Å². The normalized spacial score (nSPS) is 13.8. The molecule has 0 aliphatic carbocycles. The lowest BCUT2D eigenvalue weighted by Crippen LogP contribution is -2.23. The van der Waals surface area contributed by atoms with Crippen molar-refractivity contribution in [1.82, 2.24) is 9.78 Å². The molecule has 0 spiro atoms. The summed E-state index contributed by atoms with van der Waals surface area (Å²) in [5.74, 6) is -0.0765. The highest BCUT2D eigenvalue weighted by molar-refractivity contribution is 9.10. The highest BCUT2D eigenvalue weighted by Gasteiger charge is 2.21. The maximum Gasteiger partial charge on any atom is 0.255 e. The van der Waals surface area contributed by atoms with E-state index in [2.05, 4.69) is 26.3 Å². The molecule has 1 aliphatic rings. The van der Waals surface area contributed by atoms with E-state index >= 15 is 0 Å². The maximum atomic E-state index is 12.5. The first kappa shape index (κ1) is 17.5. The number of carbonyl (C=O) groups excluding carboxylic acids is 2. The molecular weight excluding hydrogens is 408 g/mol. The number of aromatic nitrogens is 2. The number of rotatable bonds is 4. The first-order chi connectivity index (χ1) is 13.1. The van der Waals surface area contributed by atoms with E-state index in [1.807, 2.05) is 42.6 Å². The molecule has 3 aromatic rings. The van der Waals surface area contributed by atoms with Gasteiger partial charge in [0.15, 0.2) is 0 Å². The van der Waals surface area contributed by atoms with Gasteiger partial charge >= 0.3 is 0 Å². The van der Waals surface area contributed by atoms with E-state index in [9.17, 15) is 9.59 Å². The Morgan fingerprint density at radius 2 is 1.93 bits per heavy atom. The van der Waals surface area contributed by atoms with Crippen molar-refractivity contribution in [3.05, 3.63) is 71.0 Å². The monoisotopic (exact) mass is 424 g/mol. The van der Waals surface area contributed by atoms with Gasteiger partial charge in [-0.15, -0.1) is 0 Å². The average Bonchev–Trinajstić information content (AvgIpc) is 3.30. The minimum Gasteiger partial charge on any atom is -0.322 e. The number of nitrogens with one attached hydrogen (secondary N) is 1. The lowest BCUT2D eigenvalue weighted by molar-refractivity contribution is -0.117. The molecule has 2 amide bonds. The van der Waals surface area contributed by atoms with Crippen molar-refractivity contribution in [3.8, 4) is 5.69 Å². The quantitative estimate of drug-likeness (QED) is 0.687. The van der Waals surface area contributed by atoms with Crippen LogP contribution in [0.2, 0.25) is 0 Å². The van der Waals surface area contributed by atoms with Gasteiger partial charge in [0.2, 0.25) is 5.91 Å². The summed E-state index contributed by atoms with van der Waals surface area (Å²) in [4.78, 5) is 26.2. The number of amides is 2. The zero-order valence-electron chi connectivity index (χ0n) is 14.4. The second-order valence-corrected chi connectivity index (χ2v) is 7.22. The van der Waals surface area contributed by atoms with Gasteiger partial charge < -0.3 is 10.2 Å². The predicted molar refractivity (Wildman–Crippen MR) is 107 cm³/mol. The van der Waals surface area contributed by atoms with Crippen LogP contribution in [0, 0.1) is 0 Å². The van der Waals surface area contributed by atoms with E-state index < -0.39 is 0 Å². The number of hydrogen-bond acceptors (Lipinski definition) is 3. The van der Waals surface area contributed by atoms with Crippen LogP contribution in [0.4, 0.5) is 11.4 Å². The topological polar surface area (TPSA) is 67.2 Å². The molecule has 1 aromatic heterocycles. The lowest BCUT2D eigenvalue weighted by atomic mass is 10.2. The average molecular weight is 425 g/mol. The molecule has 0 bridgehead atoms. The molecule has 2 aromatic carbocycles. The van der Waals surface area contributed by atoms with Crippen LogP contribution in [0.15, 0.2) is 65.4 Å². The number of benzene rings is 2. The predicted octanol–water partition coefficient (Wildman–Crippen LogP) is 4.01. The summed E-state index contributed by atoms with van der Waals surface area (Å²) < 4.78 is 2.61. The Hall–Kier alpha value is -2.93. The van der Waals surface area contributed by atoms with Gasteiger partial charge in [0, 0.05) is 36.1 Å². The van der Waals surface area contributed by atoms with E-state index in [0.29, 0.717) is 17.7 Å². The Morgan fingerprint density at radius 3 is 2.59 bits per heavy atom. The third kappa shape index (κ3) is 3.78. The summed E-state index contributed by atoms with van der Waals surface area (Å²) >= 11 is 3.37. The molecule has 0 radical (unpaired) electrons. The minimum absolute atomic E-state index is 0.124. The molecule has 1 N–H and O–H groups in total. The summed E-state index contributed by atoms with van der Waals surface area (Å²) in [5, 5.41) is 7.11. The highest BCUT2D eigenvalue weighted by Crippen LogP contribution is 2.24. The van der Waals surface area contributed by atoms with Gasteiger partial charge in [-0.1, -0.05) is 6.07 Å². The Balaban J connectivity index is 1.48. The Bertz CT molecular complexity index is 997. The van der Waals surface area contributed by atoms with E-state index in [1.165, 1.54) is 0 Å². The van der Waals surface area contributed by atoms with E-state index in [1.54, 1.807) is 27.9 Å². The van der Waals surface area contributed by atoms with E-state index in [-0.39, 0.29) is 11.8 Å². The maximum absolute atomic E-state index is 12.5. The fraction of sp³-hybridized carbons (Fsp3) is 0.150. The van der Waals surface area contributed by atoms with Gasteiger partial charge in [-0.2, -0.15) is 5.10 Å². The number of halogens is 1. The lowest BCUT2D eigenvalue weighted by Gasteiger charge is -2.16. The zero-order chi connectivity index (χ0) is 18.8. The van der Waals surface area contributed by atoms with Crippen LogP contribution >= 0.6 is 15.9 Å². The molecule has 0 atom stereocenters. The molecule has 0 saturated carbocycles. The van der Waals surface area contributed by atoms with Gasteiger partial charge in [0.1, 0.15) is 0 Å². The molecule has 1 saturated heterocycles. The number of hydrogen-bond donors (Lipinski definition) is 1. The third-order valence-electron chi connectivity index (χ3n) is 4.43. The largest absolute Gasteiger partial charge is 0.322 e. The van der Waals surface area contributed by atoms with Gasteiger partial charge in [0.05, 0.1) is 16.4 Å². The molecular formula is C20H17BrN4O2. The first-order valence-electron chi connectivity index (χ1n) is 8.62. The molecule has 136 valence electrons. The van der Waals surface area contributed by atoms with Crippen molar-refractivity contribution in [1.29, 1.82) is 0 Å². The minimum atomic E-state index is -0.201. The SMILES string of the molecule is O=C(Nc1cccc(N2CCCC2=O)c1)c1ccc(-n2cc(Br)cn2)cc1. The van der Waals surface area contributed by atoms with Crippen molar-refractivity contribution in [3.63, 3.8) is 0 Å².